The van der Waals surface area contributed by atoms with E-state index >= 15 is 0 Å². The van der Waals surface area contributed by atoms with Gasteiger partial charge in [-0.15, -0.1) is 0 Å². The van der Waals surface area contributed by atoms with Gasteiger partial charge in [-0.3, -0.25) is 9.59 Å². The minimum absolute atomic E-state index is 0.0632. The quantitative estimate of drug-likeness (QED) is 0.527. The fourth-order valence-corrected chi connectivity index (χ4v) is 1.76. The van der Waals surface area contributed by atoms with Crippen molar-refractivity contribution >= 4 is 23.9 Å². The highest BCUT2D eigenvalue weighted by Gasteiger charge is 2.27. The number of carbonyl (C=O) groups excluding carboxylic acids is 3. The average molecular weight is 346 g/mol. The predicted octanol–water partition coefficient (Wildman–Crippen LogP) is 0.942. The summed E-state index contributed by atoms with van der Waals surface area (Å²) in [6.45, 7) is 6.49. The van der Waals surface area contributed by atoms with E-state index in [4.69, 9.17) is 20.3 Å². The Balaban J connectivity index is 4.77. The summed E-state index contributed by atoms with van der Waals surface area (Å²) in [6, 6.07) is -1.07. The number of nitrogens with two attached hydrogens (primary N) is 1. The fraction of sp³-hybridized carbons (Fsp3) is 0.733. The maximum Gasteiger partial charge on any atom is 0.408 e. The van der Waals surface area contributed by atoms with E-state index in [-0.39, 0.29) is 25.7 Å². The lowest BCUT2D eigenvalue weighted by Crippen LogP contribution is -2.45. The van der Waals surface area contributed by atoms with Crippen molar-refractivity contribution in [1.29, 1.82) is 0 Å². The summed E-state index contributed by atoms with van der Waals surface area (Å²) in [5.74, 6) is -2.42. The van der Waals surface area contributed by atoms with E-state index < -0.39 is 41.7 Å². The molecule has 0 saturated heterocycles. The van der Waals surface area contributed by atoms with Crippen LogP contribution in [0.5, 0.6) is 0 Å². The monoisotopic (exact) mass is 346 g/mol. The van der Waals surface area contributed by atoms with Crippen LogP contribution in [0.1, 0.15) is 53.4 Å². The zero-order valence-corrected chi connectivity index (χ0v) is 14.5. The van der Waals surface area contributed by atoms with Gasteiger partial charge in [0.05, 0.1) is 6.42 Å². The van der Waals surface area contributed by atoms with Crippen LogP contribution in [-0.4, -0.2) is 46.8 Å². The molecule has 0 aliphatic rings. The molecule has 0 spiro atoms. The second-order valence-corrected chi connectivity index (χ2v) is 6.40. The molecule has 0 saturated carbocycles. The van der Waals surface area contributed by atoms with Gasteiger partial charge in [-0.2, -0.15) is 0 Å². The Hall–Kier alpha value is -2.32. The number of ether oxygens (including phenoxy) is 2. The first-order valence-corrected chi connectivity index (χ1v) is 7.61. The highest BCUT2D eigenvalue weighted by molar-refractivity contribution is 5.82. The van der Waals surface area contributed by atoms with Gasteiger partial charge in [0.15, 0.2) is 0 Å². The second kappa shape index (κ2) is 9.74. The minimum atomic E-state index is -1.07. The summed E-state index contributed by atoms with van der Waals surface area (Å²) in [5, 5.41) is 11.0. The molecule has 0 aliphatic heterocycles. The van der Waals surface area contributed by atoms with Gasteiger partial charge in [0.1, 0.15) is 17.7 Å². The lowest BCUT2D eigenvalue weighted by atomic mass is 10.1. The standard InChI is InChI=1S/C15H26N2O7/c1-9(8-11(16)18)23-13(21)10(6-5-7-12(19)20)17-14(22)24-15(2,3)4/h9-10H,5-8H2,1-4H3,(H2,16,18)(H,17,22)(H,19,20)/t9-,10-/m0/s1. The van der Waals surface area contributed by atoms with E-state index in [0.29, 0.717) is 0 Å². The highest BCUT2D eigenvalue weighted by Crippen LogP contribution is 2.10. The molecule has 138 valence electrons. The SMILES string of the molecule is C[C@@H](CC(N)=O)OC(=O)[C@H](CCCC(=O)O)NC(=O)OC(C)(C)C. The maximum absolute atomic E-state index is 12.1. The Bertz CT molecular complexity index is 471. The first-order valence-electron chi connectivity index (χ1n) is 7.61. The number of esters is 1. The number of carboxylic acid groups (broad SMARTS) is 1. The molecule has 0 aliphatic carbocycles. The van der Waals surface area contributed by atoms with Crippen molar-refractivity contribution in [2.75, 3.05) is 0 Å². The van der Waals surface area contributed by atoms with Gasteiger partial charge in [0, 0.05) is 6.42 Å². The molecule has 9 heteroatoms. The van der Waals surface area contributed by atoms with Crippen molar-refractivity contribution in [2.24, 2.45) is 5.73 Å². The number of nitrogens with one attached hydrogen (secondary N) is 1. The van der Waals surface area contributed by atoms with Gasteiger partial charge in [0.2, 0.25) is 5.91 Å². The molecule has 2 amide bonds. The molecule has 0 aromatic rings. The number of amides is 2. The molecule has 0 heterocycles. The number of rotatable bonds is 9. The molecular weight excluding hydrogens is 320 g/mol. The van der Waals surface area contributed by atoms with Gasteiger partial charge in [-0.25, -0.2) is 9.59 Å². The number of carboxylic acids is 1. The molecule has 0 aromatic heterocycles. The van der Waals surface area contributed by atoms with Crippen LogP contribution in [0, 0.1) is 0 Å². The first-order chi connectivity index (χ1) is 10.9. The van der Waals surface area contributed by atoms with Crippen molar-refractivity contribution in [3.63, 3.8) is 0 Å². The molecule has 2 atom stereocenters. The number of hydrogen-bond donors (Lipinski definition) is 3. The smallest absolute Gasteiger partial charge is 0.408 e. The summed E-state index contributed by atoms with van der Waals surface area (Å²) < 4.78 is 10.1. The third-order valence-electron chi connectivity index (χ3n) is 2.66. The molecular formula is C15H26N2O7. The van der Waals surface area contributed by atoms with Crippen LogP contribution in [0.4, 0.5) is 4.79 Å². The zero-order chi connectivity index (χ0) is 18.9. The van der Waals surface area contributed by atoms with Crippen molar-refractivity contribution in [1.82, 2.24) is 5.32 Å². The minimum Gasteiger partial charge on any atom is -0.481 e. The Morgan fingerprint density at radius 1 is 1.21 bits per heavy atom. The Labute approximate surface area is 140 Å². The van der Waals surface area contributed by atoms with Gasteiger partial charge >= 0.3 is 18.0 Å². The Morgan fingerprint density at radius 2 is 1.79 bits per heavy atom. The number of alkyl carbamates (subject to hydrolysis) is 1. The third kappa shape index (κ3) is 11.3. The average Bonchev–Trinajstić information content (AvgIpc) is 2.33. The van der Waals surface area contributed by atoms with E-state index in [1.54, 1.807) is 20.8 Å². The Kier molecular flexibility index (Phi) is 8.80. The summed E-state index contributed by atoms with van der Waals surface area (Å²) in [4.78, 5) is 45.3. The zero-order valence-electron chi connectivity index (χ0n) is 14.5. The lowest BCUT2D eigenvalue weighted by Gasteiger charge is -2.23. The van der Waals surface area contributed by atoms with Crippen LogP contribution >= 0.6 is 0 Å². The number of aliphatic carboxylic acids is 1. The van der Waals surface area contributed by atoms with Crippen LogP contribution in [-0.2, 0) is 23.9 Å². The number of hydrogen-bond acceptors (Lipinski definition) is 6. The molecule has 0 radical (unpaired) electrons. The van der Waals surface area contributed by atoms with Crippen LogP contribution in [0.15, 0.2) is 0 Å². The van der Waals surface area contributed by atoms with Crippen LogP contribution in [0.3, 0.4) is 0 Å². The third-order valence-corrected chi connectivity index (χ3v) is 2.66. The Morgan fingerprint density at radius 3 is 2.25 bits per heavy atom. The molecule has 0 fully saturated rings. The predicted molar refractivity (Wildman–Crippen MR) is 84.0 cm³/mol. The van der Waals surface area contributed by atoms with E-state index in [1.165, 1.54) is 6.92 Å². The van der Waals surface area contributed by atoms with Gasteiger partial charge < -0.3 is 25.6 Å². The van der Waals surface area contributed by atoms with Crippen molar-refractivity contribution in [3.8, 4) is 0 Å². The molecule has 4 N–H and O–H groups in total. The van der Waals surface area contributed by atoms with Gasteiger partial charge in [-0.1, -0.05) is 0 Å². The summed E-state index contributed by atoms with van der Waals surface area (Å²) in [5.41, 5.74) is 4.27. The largest absolute Gasteiger partial charge is 0.481 e. The van der Waals surface area contributed by atoms with E-state index in [2.05, 4.69) is 5.32 Å². The molecule has 0 bridgehead atoms. The molecule has 9 nitrogen and oxygen atoms in total. The van der Waals surface area contributed by atoms with E-state index in [9.17, 15) is 19.2 Å². The van der Waals surface area contributed by atoms with Crippen molar-refractivity contribution < 1.29 is 33.8 Å². The van der Waals surface area contributed by atoms with E-state index in [0.717, 1.165) is 0 Å². The van der Waals surface area contributed by atoms with Crippen LogP contribution in [0.2, 0.25) is 0 Å². The molecule has 0 rings (SSSR count). The summed E-state index contributed by atoms with van der Waals surface area (Å²) in [6.07, 6.45) is -1.65. The molecule has 0 unspecified atom stereocenters. The van der Waals surface area contributed by atoms with Gasteiger partial charge in [0.25, 0.3) is 0 Å². The second-order valence-electron chi connectivity index (χ2n) is 6.40. The summed E-state index contributed by atoms with van der Waals surface area (Å²) in [7, 11) is 0. The van der Waals surface area contributed by atoms with Crippen LogP contribution in [0.25, 0.3) is 0 Å². The first kappa shape index (κ1) is 21.7. The number of carbonyl (C=O) groups is 4. The van der Waals surface area contributed by atoms with Crippen molar-refractivity contribution in [3.05, 3.63) is 0 Å². The molecule has 0 aromatic carbocycles. The maximum atomic E-state index is 12.1. The van der Waals surface area contributed by atoms with E-state index in [1.807, 2.05) is 0 Å². The highest BCUT2D eigenvalue weighted by atomic mass is 16.6. The topological polar surface area (TPSA) is 145 Å². The molecule has 24 heavy (non-hydrogen) atoms. The van der Waals surface area contributed by atoms with Gasteiger partial charge in [-0.05, 0) is 40.5 Å². The fourth-order valence-electron chi connectivity index (χ4n) is 1.76. The summed E-state index contributed by atoms with van der Waals surface area (Å²) >= 11 is 0. The van der Waals surface area contributed by atoms with Crippen LogP contribution < -0.4 is 11.1 Å². The lowest BCUT2D eigenvalue weighted by molar-refractivity contribution is -0.152. The number of primary amides is 1. The van der Waals surface area contributed by atoms with Crippen molar-refractivity contribution in [2.45, 2.75) is 71.1 Å². The normalized spacial score (nSPS) is 13.5.